The molecule has 0 radical (unpaired) electrons. The second-order valence-electron chi connectivity index (χ2n) is 3.93. The van der Waals surface area contributed by atoms with Crippen LogP contribution in [-0.4, -0.2) is 27.6 Å². The average Bonchev–Trinajstić information content (AvgIpc) is 2.47. The van der Waals surface area contributed by atoms with Gasteiger partial charge < -0.3 is 16.8 Å². The molecular weight excluding hydrogens is 230 g/mol. The molecule has 0 aliphatic carbocycles. The average molecular weight is 243 g/mol. The van der Waals surface area contributed by atoms with Gasteiger partial charge in [-0.25, -0.2) is 0 Å². The third kappa shape index (κ3) is 3.46. The van der Waals surface area contributed by atoms with Crippen molar-refractivity contribution >= 4 is 28.3 Å². The molecule has 0 fully saturated rings. The van der Waals surface area contributed by atoms with E-state index in [1.54, 1.807) is 13.8 Å². The number of anilines is 1. The van der Waals surface area contributed by atoms with E-state index >= 15 is 0 Å². The van der Waals surface area contributed by atoms with Crippen molar-refractivity contribution in [3.8, 4) is 0 Å². The Morgan fingerprint density at radius 1 is 1.44 bits per heavy atom. The molecule has 1 rings (SSSR count). The molecule has 16 heavy (non-hydrogen) atoms. The lowest BCUT2D eigenvalue weighted by molar-refractivity contribution is -0.119. The highest BCUT2D eigenvalue weighted by atomic mass is 32.1. The van der Waals surface area contributed by atoms with E-state index in [1.165, 1.54) is 0 Å². The largest absolute Gasteiger partial charge is 0.374 e. The Kier molecular flexibility index (Phi) is 3.43. The van der Waals surface area contributed by atoms with E-state index in [0.717, 1.165) is 11.3 Å². The van der Waals surface area contributed by atoms with E-state index in [1.807, 2.05) is 0 Å². The number of aromatic nitrogens is 2. The Bertz CT molecular complexity index is 414. The molecule has 0 saturated carbocycles. The lowest BCUT2D eigenvalue weighted by Crippen LogP contribution is -2.46. The van der Waals surface area contributed by atoms with Crippen LogP contribution in [0.1, 0.15) is 30.1 Å². The molecule has 2 amide bonds. The van der Waals surface area contributed by atoms with Crippen molar-refractivity contribution in [3.63, 3.8) is 0 Å². The zero-order valence-electron chi connectivity index (χ0n) is 8.98. The highest BCUT2D eigenvalue weighted by molar-refractivity contribution is 7.16. The predicted molar refractivity (Wildman–Crippen MR) is 59.7 cm³/mol. The summed E-state index contributed by atoms with van der Waals surface area (Å²) in [6, 6.07) is 0. The summed E-state index contributed by atoms with van der Waals surface area (Å²) in [4.78, 5) is 22.4. The summed E-state index contributed by atoms with van der Waals surface area (Å²) in [6.07, 6.45) is 0.0486. The lowest BCUT2D eigenvalue weighted by Gasteiger charge is -2.23. The van der Waals surface area contributed by atoms with Crippen LogP contribution >= 0.6 is 11.3 Å². The van der Waals surface area contributed by atoms with Crippen molar-refractivity contribution in [2.75, 3.05) is 5.73 Å². The van der Waals surface area contributed by atoms with E-state index in [0.29, 0.717) is 0 Å². The third-order valence-corrected chi connectivity index (χ3v) is 2.45. The van der Waals surface area contributed by atoms with Crippen molar-refractivity contribution < 1.29 is 9.59 Å². The number of rotatable bonds is 4. The van der Waals surface area contributed by atoms with Crippen molar-refractivity contribution in [3.05, 3.63) is 5.01 Å². The molecule has 1 aromatic heterocycles. The first kappa shape index (κ1) is 12.4. The molecule has 0 saturated heterocycles. The van der Waals surface area contributed by atoms with E-state index in [2.05, 4.69) is 15.5 Å². The molecule has 7 nitrogen and oxygen atoms in total. The van der Waals surface area contributed by atoms with Crippen molar-refractivity contribution in [2.45, 2.75) is 25.8 Å². The summed E-state index contributed by atoms with van der Waals surface area (Å²) >= 11 is 0.983. The summed E-state index contributed by atoms with van der Waals surface area (Å²) in [5, 5.41) is 10.1. The molecule has 0 bridgehead atoms. The van der Waals surface area contributed by atoms with Gasteiger partial charge in [0.1, 0.15) is 0 Å². The Morgan fingerprint density at radius 2 is 2.06 bits per heavy atom. The molecule has 0 spiro atoms. The molecule has 0 aromatic carbocycles. The van der Waals surface area contributed by atoms with Gasteiger partial charge in [-0.1, -0.05) is 11.3 Å². The van der Waals surface area contributed by atoms with E-state index < -0.39 is 17.4 Å². The van der Waals surface area contributed by atoms with Crippen molar-refractivity contribution in [1.82, 2.24) is 15.5 Å². The molecule has 88 valence electrons. The summed E-state index contributed by atoms with van der Waals surface area (Å²) in [7, 11) is 0. The minimum atomic E-state index is -0.719. The van der Waals surface area contributed by atoms with Crippen LogP contribution in [0.3, 0.4) is 0 Å². The third-order valence-electron chi connectivity index (χ3n) is 1.70. The number of nitrogens with two attached hydrogens (primary N) is 2. The number of nitrogen functional groups attached to an aromatic ring is 1. The Morgan fingerprint density at radius 3 is 2.50 bits per heavy atom. The quantitative estimate of drug-likeness (QED) is 0.657. The van der Waals surface area contributed by atoms with E-state index in [9.17, 15) is 9.59 Å². The predicted octanol–water partition coefficient (Wildman–Crippen LogP) is -0.496. The number of nitrogens with one attached hydrogen (secondary N) is 1. The fraction of sp³-hybridized carbons (Fsp3) is 0.500. The molecule has 0 unspecified atom stereocenters. The molecule has 5 N–H and O–H groups in total. The van der Waals surface area contributed by atoms with E-state index in [4.69, 9.17) is 11.5 Å². The maximum Gasteiger partial charge on any atom is 0.282 e. The Hall–Kier alpha value is -1.70. The number of nitrogens with zero attached hydrogens (tertiary/aromatic N) is 2. The van der Waals surface area contributed by atoms with Gasteiger partial charge in [-0.3, -0.25) is 9.59 Å². The van der Waals surface area contributed by atoms with Gasteiger partial charge in [0.05, 0.1) is 0 Å². The summed E-state index contributed by atoms with van der Waals surface area (Å²) in [6.45, 7) is 3.39. The normalized spacial score (nSPS) is 11.1. The molecular formula is C8H13N5O2S. The second-order valence-corrected chi connectivity index (χ2v) is 4.94. The molecule has 1 aromatic rings. The van der Waals surface area contributed by atoms with Crippen LogP contribution in [0.5, 0.6) is 0 Å². The number of carbonyl (C=O) groups excluding carboxylic acids is 2. The van der Waals surface area contributed by atoms with Crippen LogP contribution in [-0.2, 0) is 4.79 Å². The molecule has 0 aliphatic heterocycles. The van der Waals surface area contributed by atoms with Gasteiger partial charge in [-0.2, -0.15) is 0 Å². The first-order chi connectivity index (χ1) is 7.30. The monoisotopic (exact) mass is 243 g/mol. The number of hydrogen-bond donors (Lipinski definition) is 3. The van der Waals surface area contributed by atoms with Crippen LogP contribution in [0.15, 0.2) is 0 Å². The minimum absolute atomic E-state index is 0.0486. The molecule has 0 aliphatic rings. The number of carbonyl (C=O) groups is 2. The molecule has 1 heterocycles. The van der Waals surface area contributed by atoms with Crippen LogP contribution in [0.2, 0.25) is 0 Å². The zero-order chi connectivity index (χ0) is 12.3. The number of amides is 2. The van der Waals surface area contributed by atoms with Crippen molar-refractivity contribution in [2.24, 2.45) is 5.73 Å². The van der Waals surface area contributed by atoms with Crippen LogP contribution in [0.4, 0.5) is 5.13 Å². The minimum Gasteiger partial charge on any atom is -0.374 e. The summed E-state index contributed by atoms with van der Waals surface area (Å²) in [5.41, 5.74) is 9.69. The number of hydrogen-bond acceptors (Lipinski definition) is 6. The first-order valence-electron chi connectivity index (χ1n) is 4.50. The summed E-state index contributed by atoms with van der Waals surface area (Å²) < 4.78 is 0. The van der Waals surface area contributed by atoms with Crippen molar-refractivity contribution in [1.29, 1.82) is 0 Å². The maximum absolute atomic E-state index is 11.6. The molecule has 8 heteroatoms. The molecule has 0 atom stereocenters. The summed E-state index contributed by atoms with van der Waals surface area (Å²) in [5.74, 6) is -0.900. The van der Waals surface area contributed by atoms with Crippen LogP contribution in [0.25, 0.3) is 0 Å². The topological polar surface area (TPSA) is 124 Å². The Labute approximate surface area is 96.2 Å². The van der Waals surface area contributed by atoms with Gasteiger partial charge in [-0.15, -0.1) is 10.2 Å². The van der Waals surface area contributed by atoms with Gasteiger partial charge >= 0.3 is 0 Å². The SMILES string of the molecule is CC(C)(CC(N)=O)NC(=O)c1nnc(N)s1. The fourth-order valence-electron chi connectivity index (χ4n) is 1.17. The maximum atomic E-state index is 11.6. The highest BCUT2D eigenvalue weighted by Crippen LogP contribution is 2.13. The fourth-order valence-corrected chi connectivity index (χ4v) is 1.67. The first-order valence-corrected chi connectivity index (χ1v) is 5.31. The van der Waals surface area contributed by atoms with E-state index in [-0.39, 0.29) is 16.6 Å². The highest BCUT2D eigenvalue weighted by Gasteiger charge is 2.25. The van der Waals surface area contributed by atoms with Gasteiger partial charge in [-0.05, 0) is 13.8 Å². The number of primary amides is 1. The van der Waals surface area contributed by atoms with Gasteiger partial charge in [0, 0.05) is 12.0 Å². The van der Waals surface area contributed by atoms with Gasteiger partial charge in [0.25, 0.3) is 5.91 Å². The van der Waals surface area contributed by atoms with Gasteiger partial charge in [0.15, 0.2) is 0 Å². The smallest absolute Gasteiger partial charge is 0.282 e. The standard InChI is InChI=1S/C8H13N5O2S/c1-8(2,3-4(9)14)11-5(15)6-12-13-7(10)16-6/h3H2,1-2H3,(H2,9,14)(H2,10,13)(H,11,15). The van der Waals surface area contributed by atoms with Crippen LogP contribution in [0, 0.1) is 0 Å². The lowest BCUT2D eigenvalue weighted by atomic mass is 10.0. The zero-order valence-corrected chi connectivity index (χ0v) is 9.80. The Balaban J connectivity index is 2.67. The second kappa shape index (κ2) is 4.44. The van der Waals surface area contributed by atoms with Crippen LogP contribution < -0.4 is 16.8 Å². The van der Waals surface area contributed by atoms with Gasteiger partial charge in [0.2, 0.25) is 16.0 Å².